The summed E-state index contributed by atoms with van der Waals surface area (Å²) in [6.07, 6.45) is 6.69. The van der Waals surface area contributed by atoms with Crippen molar-refractivity contribution in [3.63, 3.8) is 0 Å². The highest BCUT2D eigenvalue weighted by molar-refractivity contribution is 5.00. The van der Waals surface area contributed by atoms with Crippen molar-refractivity contribution in [1.82, 2.24) is 14.7 Å². The average molecular weight is 294 g/mol. The fourth-order valence-electron chi connectivity index (χ4n) is 5.02. The van der Waals surface area contributed by atoms with Gasteiger partial charge < -0.3 is 15.5 Å². The van der Waals surface area contributed by atoms with E-state index in [1.54, 1.807) is 0 Å². The van der Waals surface area contributed by atoms with Crippen molar-refractivity contribution in [1.29, 1.82) is 0 Å². The molecule has 0 saturated carbocycles. The van der Waals surface area contributed by atoms with E-state index in [4.69, 9.17) is 5.73 Å². The zero-order valence-electron chi connectivity index (χ0n) is 14.1. The molecule has 2 N–H and O–H groups in total. The van der Waals surface area contributed by atoms with E-state index in [9.17, 15) is 0 Å². The van der Waals surface area contributed by atoms with E-state index < -0.39 is 0 Å². The molecule has 2 unspecified atom stereocenters. The number of fused-ring (bicyclic) bond motifs is 1. The van der Waals surface area contributed by atoms with Crippen molar-refractivity contribution >= 4 is 0 Å². The van der Waals surface area contributed by atoms with Gasteiger partial charge in [0.2, 0.25) is 0 Å². The molecule has 0 amide bonds. The fourth-order valence-corrected chi connectivity index (χ4v) is 5.02. The molecule has 0 aromatic heterocycles. The third-order valence-electron chi connectivity index (χ3n) is 6.63. The van der Waals surface area contributed by atoms with Gasteiger partial charge in [0.1, 0.15) is 0 Å². The van der Waals surface area contributed by atoms with Gasteiger partial charge in [0.15, 0.2) is 0 Å². The summed E-state index contributed by atoms with van der Waals surface area (Å²) in [4.78, 5) is 7.98. The minimum absolute atomic E-state index is 0.298. The van der Waals surface area contributed by atoms with Crippen LogP contribution in [0.25, 0.3) is 0 Å². The standard InChI is InChI=1S/C17H34N4/c1-3-20-11-7-17(14-18,8-12-20)21-10-6-16-15(13-21)5-4-9-19(16)2/h15-16H,3-14,18H2,1-2H3. The van der Waals surface area contributed by atoms with Crippen LogP contribution >= 0.6 is 0 Å². The Morgan fingerprint density at radius 2 is 1.86 bits per heavy atom. The fraction of sp³-hybridized carbons (Fsp3) is 1.00. The molecule has 3 heterocycles. The molecule has 4 nitrogen and oxygen atoms in total. The van der Waals surface area contributed by atoms with Gasteiger partial charge in [-0.15, -0.1) is 0 Å². The van der Waals surface area contributed by atoms with E-state index in [0.717, 1.165) is 18.5 Å². The van der Waals surface area contributed by atoms with Crippen LogP contribution in [0, 0.1) is 5.92 Å². The predicted molar refractivity (Wildman–Crippen MR) is 88.5 cm³/mol. The first-order valence-electron chi connectivity index (χ1n) is 9.06. The molecule has 3 rings (SSSR count). The second kappa shape index (κ2) is 6.53. The van der Waals surface area contributed by atoms with Gasteiger partial charge in [-0.25, -0.2) is 0 Å². The molecule has 3 saturated heterocycles. The number of hydrogen-bond acceptors (Lipinski definition) is 4. The average Bonchev–Trinajstić information content (AvgIpc) is 2.55. The molecule has 21 heavy (non-hydrogen) atoms. The summed E-state index contributed by atoms with van der Waals surface area (Å²) in [5.41, 5.74) is 6.58. The van der Waals surface area contributed by atoms with E-state index in [0.29, 0.717) is 5.54 Å². The number of nitrogens with zero attached hydrogens (tertiary/aromatic N) is 3. The van der Waals surface area contributed by atoms with Gasteiger partial charge >= 0.3 is 0 Å². The Hall–Kier alpha value is -0.160. The van der Waals surface area contributed by atoms with E-state index in [1.165, 1.54) is 71.4 Å². The Bertz CT molecular complexity index is 338. The highest BCUT2D eigenvalue weighted by atomic mass is 15.3. The van der Waals surface area contributed by atoms with Crippen molar-refractivity contribution in [2.75, 3.05) is 52.9 Å². The van der Waals surface area contributed by atoms with Crippen LogP contribution in [0.15, 0.2) is 0 Å². The van der Waals surface area contributed by atoms with Crippen LogP contribution in [0.3, 0.4) is 0 Å². The van der Waals surface area contributed by atoms with Crippen LogP contribution in [0.1, 0.15) is 39.0 Å². The lowest BCUT2D eigenvalue weighted by atomic mass is 9.79. The van der Waals surface area contributed by atoms with Crippen LogP contribution in [-0.4, -0.2) is 79.1 Å². The molecule has 0 aromatic carbocycles. The van der Waals surface area contributed by atoms with Gasteiger partial charge in [-0.05, 0) is 71.2 Å². The van der Waals surface area contributed by atoms with Crippen molar-refractivity contribution in [3.8, 4) is 0 Å². The summed E-state index contributed by atoms with van der Waals surface area (Å²) in [6.45, 7) is 10.6. The quantitative estimate of drug-likeness (QED) is 0.849. The van der Waals surface area contributed by atoms with Crippen molar-refractivity contribution in [2.24, 2.45) is 11.7 Å². The van der Waals surface area contributed by atoms with Gasteiger partial charge in [-0.2, -0.15) is 0 Å². The Morgan fingerprint density at radius 3 is 2.52 bits per heavy atom. The summed E-state index contributed by atoms with van der Waals surface area (Å²) in [6, 6.07) is 0.834. The molecule has 3 aliphatic heterocycles. The Kier molecular flexibility index (Phi) is 4.89. The van der Waals surface area contributed by atoms with Crippen molar-refractivity contribution < 1.29 is 0 Å². The van der Waals surface area contributed by atoms with E-state index >= 15 is 0 Å². The van der Waals surface area contributed by atoms with Gasteiger partial charge in [-0.1, -0.05) is 6.92 Å². The molecule has 0 aliphatic carbocycles. The first-order chi connectivity index (χ1) is 10.2. The molecule has 0 spiro atoms. The van der Waals surface area contributed by atoms with Gasteiger partial charge in [0.05, 0.1) is 0 Å². The summed E-state index contributed by atoms with van der Waals surface area (Å²) in [7, 11) is 2.32. The lowest BCUT2D eigenvalue weighted by Crippen LogP contribution is -2.64. The molecule has 3 aliphatic rings. The zero-order chi connectivity index (χ0) is 14.9. The third kappa shape index (κ3) is 3.00. The lowest BCUT2D eigenvalue weighted by molar-refractivity contribution is -0.0381. The Balaban J connectivity index is 1.66. The highest BCUT2D eigenvalue weighted by Gasteiger charge is 2.43. The number of likely N-dealkylation sites (tertiary alicyclic amines) is 3. The van der Waals surface area contributed by atoms with Crippen LogP contribution < -0.4 is 5.73 Å². The predicted octanol–water partition coefficient (Wildman–Crippen LogP) is 1.22. The van der Waals surface area contributed by atoms with Crippen LogP contribution in [0.4, 0.5) is 0 Å². The second-order valence-electron chi connectivity index (χ2n) is 7.55. The number of rotatable bonds is 3. The molecule has 0 aromatic rings. The van der Waals surface area contributed by atoms with Crippen LogP contribution in [0.5, 0.6) is 0 Å². The first kappa shape index (κ1) is 15.7. The largest absolute Gasteiger partial charge is 0.329 e. The molecule has 3 fully saturated rings. The van der Waals surface area contributed by atoms with E-state index in [1.807, 2.05) is 0 Å². The first-order valence-corrected chi connectivity index (χ1v) is 9.06. The Morgan fingerprint density at radius 1 is 1.10 bits per heavy atom. The van der Waals surface area contributed by atoms with Crippen molar-refractivity contribution in [2.45, 2.75) is 50.6 Å². The molecular formula is C17H34N4. The monoisotopic (exact) mass is 294 g/mol. The normalized spacial score (nSPS) is 35.6. The molecule has 2 atom stereocenters. The summed E-state index contributed by atoms with van der Waals surface area (Å²) in [5, 5.41) is 0. The minimum atomic E-state index is 0.298. The summed E-state index contributed by atoms with van der Waals surface area (Å²) < 4.78 is 0. The molecular weight excluding hydrogens is 260 g/mol. The number of hydrogen-bond donors (Lipinski definition) is 1. The number of piperidine rings is 3. The Labute approximate surface area is 130 Å². The second-order valence-corrected chi connectivity index (χ2v) is 7.55. The van der Waals surface area contributed by atoms with Crippen LogP contribution in [0.2, 0.25) is 0 Å². The van der Waals surface area contributed by atoms with E-state index in [-0.39, 0.29) is 0 Å². The molecule has 122 valence electrons. The van der Waals surface area contributed by atoms with Gasteiger partial charge in [0.25, 0.3) is 0 Å². The number of nitrogens with two attached hydrogens (primary N) is 1. The zero-order valence-corrected chi connectivity index (χ0v) is 14.1. The molecule has 0 bridgehead atoms. The van der Waals surface area contributed by atoms with E-state index in [2.05, 4.69) is 28.7 Å². The highest BCUT2D eigenvalue weighted by Crippen LogP contribution is 2.36. The third-order valence-corrected chi connectivity index (χ3v) is 6.63. The minimum Gasteiger partial charge on any atom is -0.329 e. The maximum absolute atomic E-state index is 6.28. The SMILES string of the molecule is CCN1CCC(CN)(N2CCC3C(CCCN3C)C2)CC1. The van der Waals surface area contributed by atoms with Crippen molar-refractivity contribution in [3.05, 3.63) is 0 Å². The van der Waals surface area contributed by atoms with Gasteiger partial charge in [0, 0.05) is 31.2 Å². The van der Waals surface area contributed by atoms with Crippen LogP contribution in [-0.2, 0) is 0 Å². The topological polar surface area (TPSA) is 35.7 Å². The van der Waals surface area contributed by atoms with Gasteiger partial charge in [-0.3, -0.25) is 4.90 Å². The lowest BCUT2D eigenvalue weighted by Gasteiger charge is -2.54. The smallest absolute Gasteiger partial charge is 0.0356 e. The maximum atomic E-state index is 6.28. The molecule has 0 radical (unpaired) electrons. The summed E-state index contributed by atoms with van der Waals surface area (Å²) in [5.74, 6) is 0.880. The molecule has 4 heteroatoms. The maximum Gasteiger partial charge on any atom is 0.0356 e. The summed E-state index contributed by atoms with van der Waals surface area (Å²) >= 11 is 0.